The van der Waals surface area contributed by atoms with Crippen molar-refractivity contribution in [2.24, 2.45) is 0 Å². The van der Waals surface area contributed by atoms with Gasteiger partial charge in [-0.1, -0.05) is 25.0 Å². The lowest BCUT2D eigenvalue weighted by Gasteiger charge is -2.28. The van der Waals surface area contributed by atoms with Crippen LogP contribution in [0.25, 0.3) is 0 Å². The normalized spacial score (nSPS) is 21.6. The van der Waals surface area contributed by atoms with Gasteiger partial charge in [0.2, 0.25) is 0 Å². The van der Waals surface area contributed by atoms with E-state index in [0.717, 1.165) is 16.5 Å². The van der Waals surface area contributed by atoms with Crippen LogP contribution < -0.4 is 5.32 Å². The van der Waals surface area contributed by atoms with Gasteiger partial charge in [-0.25, -0.2) is 0 Å². The van der Waals surface area contributed by atoms with Gasteiger partial charge in [0.15, 0.2) is 5.11 Å². The summed E-state index contributed by atoms with van der Waals surface area (Å²) < 4.78 is 2.57. The summed E-state index contributed by atoms with van der Waals surface area (Å²) in [6, 6.07) is 15.2. The fraction of sp³-hybridized carbons (Fsp3) is 0.400. The summed E-state index contributed by atoms with van der Waals surface area (Å²) in [6.07, 6.45) is 8.92. The van der Waals surface area contributed by atoms with Crippen molar-refractivity contribution >= 4 is 17.3 Å². The van der Waals surface area contributed by atoms with Crippen LogP contribution in [0.15, 0.2) is 54.9 Å². The molecule has 1 N–H and O–H groups in total. The van der Waals surface area contributed by atoms with Crippen LogP contribution >= 0.6 is 12.2 Å². The molecule has 5 rings (SSSR count). The molecule has 1 saturated heterocycles. The molecular formula is C25H29N5S. The van der Waals surface area contributed by atoms with Gasteiger partial charge in [-0.15, -0.1) is 0 Å². The average molecular weight is 432 g/mol. The van der Waals surface area contributed by atoms with Gasteiger partial charge in [0.25, 0.3) is 0 Å². The highest BCUT2D eigenvalue weighted by Crippen LogP contribution is 2.43. The van der Waals surface area contributed by atoms with Crippen molar-refractivity contribution in [2.75, 3.05) is 0 Å². The van der Waals surface area contributed by atoms with E-state index in [1.54, 1.807) is 0 Å². The number of thiocarbonyl (C=S) groups is 1. The maximum Gasteiger partial charge on any atom is 0.170 e. The summed E-state index contributed by atoms with van der Waals surface area (Å²) in [5.41, 5.74) is 6.07. The first kappa shape index (κ1) is 20.2. The molecule has 1 aliphatic heterocycles. The Kier molecular flexibility index (Phi) is 5.48. The Morgan fingerprint density at radius 3 is 2.45 bits per heavy atom. The topological polar surface area (TPSA) is 46.0 Å². The molecule has 0 spiro atoms. The van der Waals surface area contributed by atoms with Crippen molar-refractivity contribution in [3.05, 3.63) is 83.2 Å². The van der Waals surface area contributed by atoms with Crippen molar-refractivity contribution < 1.29 is 0 Å². The van der Waals surface area contributed by atoms with E-state index in [1.165, 1.54) is 42.6 Å². The summed E-state index contributed by atoms with van der Waals surface area (Å²) in [6.45, 7) is 5.19. The largest absolute Gasteiger partial charge is 0.352 e. The van der Waals surface area contributed by atoms with Crippen LogP contribution in [-0.2, 0) is 6.54 Å². The zero-order chi connectivity index (χ0) is 21.4. The number of pyridine rings is 2. The summed E-state index contributed by atoms with van der Waals surface area (Å²) in [5.74, 6) is 0. The van der Waals surface area contributed by atoms with Gasteiger partial charge >= 0.3 is 0 Å². The van der Waals surface area contributed by atoms with Crippen LogP contribution in [0.3, 0.4) is 0 Å². The van der Waals surface area contributed by atoms with Crippen LogP contribution in [0, 0.1) is 13.8 Å². The van der Waals surface area contributed by atoms with Crippen LogP contribution in [-0.4, -0.2) is 24.5 Å². The van der Waals surface area contributed by atoms with E-state index in [2.05, 4.69) is 56.8 Å². The quantitative estimate of drug-likeness (QED) is 0.564. The molecule has 4 heterocycles. The molecule has 0 amide bonds. The molecule has 1 saturated carbocycles. The highest BCUT2D eigenvalue weighted by Gasteiger charge is 2.41. The van der Waals surface area contributed by atoms with Gasteiger partial charge in [0.1, 0.15) is 0 Å². The minimum absolute atomic E-state index is 0.00920. The van der Waals surface area contributed by atoms with Gasteiger partial charge in [0.05, 0.1) is 30.0 Å². The Morgan fingerprint density at radius 2 is 1.77 bits per heavy atom. The number of nitrogens with zero attached hydrogens (tertiary/aromatic N) is 4. The SMILES string of the molecule is Cc1cc(C2C(c3ccccn3)NC(=S)N2Cc2ccccn2)c(C)n1C1CCCC1. The van der Waals surface area contributed by atoms with E-state index in [0.29, 0.717) is 12.6 Å². The molecule has 2 aliphatic rings. The average Bonchev–Trinajstić information content (AvgIpc) is 3.49. The standard InChI is InChI=1S/C25H29N5S/c1-17-15-21(18(2)30(17)20-10-3-4-11-20)24-23(22-12-6-8-14-27-22)28-25(31)29(24)16-19-9-5-7-13-26-19/h5-9,12-15,20,23-24H,3-4,10-11,16H2,1-2H3,(H,28,31). The van der Waals surface area contributed by atoms with Gasteiger partial charge in [0, 0.05) is 29.8 Å². The van der Waals surface area contributed by atoms with E-state index in [-0.39, 0.29) is 12.1 Å². The number of hydrogen-bond donors (Lipinski definition) is 1. The molecule has 0 radical (unpaired) electrons. The van der Waals surface area contributed by atoms with E-state index in [9.17, 15) is 0 Å². The van der Waals surface area contributed by atoms with Crippen LogP contribution in [0.4, 0.5) is 0 Å². The molecule has 0 aromatic carbocycles. The molecule has 2 atom stereocenters. The maximum atomic E-state index is 5.84. The molecular weight excluding hydrogens is 402 g/mol. The lowest BCUT2D eigenvalue weighted by molar-refractivity contribution is 0.306. The third-order valence-electron chi connectivity index (χ3n) is 6.79. The number of nitrogens with one attached hydrogen (secondary N) is 1. The van der Waals surface area contributed by atoms with Gasteiger partial charge < -0.3 is 14.8 Å². The minimum Gasteiger partial charge on any atom is -0.352 e. The fourth-order valence-corrected chi connectivity index (χ4v) is 5.71. The second kappa shape index (κ2) is 8.42. The number of rotatable bonds is 5. The molecule has 31 heavy (non-hydrogen) atoms. The van der Waals surface area contributed by atoms with Crippen molar-refractivity contribution in [1.82, 2.24) is 24.8 Å². The monoisotopic (exact) mass is 431 g/mol. The first-order chi connectivity index (χ1) is 15.1. The zero-order valence-electron chi connectivity index (χ0n) is 18.2. The molecule has 2 unspecified atom stereocenters. The molecule has 3 aromatic heterocycles. The minimum atomic E-state index is 0.00920. The lowest BCUT2D eigenvalue weighted by atomic mass is 9.96. The molecule has 5 nitrogen and oxygen atoms in total. The molecule has 6 heteroatoms. The van der Waals surface area contributed by atoms with E-state index in [4.69, 9.17) is 12.2 Å². The van der Waals surface area contributed by atoms with E-state index >= 15 is 0 Å². The van der Waals surface area contributed by atoms with Gasteiger partial charge in [-0.05, 0) is 74.8 Å². The van der Waals surface area contributed by atoms with E-state index in [1.807, 2.05) is 36.7 Å². The predicted molar refractivity (Wildman–Crippen MR) is 127 cm³/mol. The predicted octanol–water partition coefficient (Wildman–Crippen LogP) is 5.18. The Balaban J connectivity index is 1.58. The summed E-state index contributed by atoms with van der Waals surface area (Å²) in [7, 11) is 0. The van der Waals surface area contributed by atoms with Crippen LogP contribution in [0.2, 0.25) is 0 Å². The van der Waals surface area contributed by atoms with Crippen molar-refractivity contribution in [1.29, 1.82) is 0 Å². The third kappa shape index (κ3) is 3.74. The molecule has 3 aromatic rings. The Morgan fingerprint density at radius 1 is 1.03 bits per heavy atom. The second-order valence-corrected chi connectivity index (χ2v) is 9.10. The third-order valence-corrected chi connectivity index (χ3v) is 7.14. The Bertz CT molecular complexity index is 1060. The Labute approximate surface area is 189 Å². The zero-order valence-corrected chi connectivity index (χ0v) is 19.0. The van der Waals surface area contributed by atoms with Crippen molar-refractivity contribution in [2.45, 2.75) is 64.2 Å². The fourth-order valence-electron chi connectivity index (χ4n) is 5.41. The van der Waals surface area contributed by atoms with E-state index < -0.39 is 0 Å². The first-order valence-corrected chi connectivity index (χ1v) is 11.6. The maximum absolute atomic E-state index is 5.84. The summed E-state index contributed by atoms with van der Waals surface area (Å²) >= 11 is 5.84. The molecule has 1 aliphatic carbocycles. The van der Waals surface area contributed by atoms with Crippen LogP contribution in [0.1, 0.15) is 72.1 Å². The smallest absolute Gasteiger partial charge is 0.170 e. The first-order valence-electron chi connectivity index (χ1n) is 11.2. The number of aromatic nitrogens is 3. The number of hydrogen-bond acceptors (Lipinski definition) is 3. The van der Waals surface area contributed by atoms with Gasteiger partial charge in [-0.3, -0.25) is 9.97 Å². The van der Waals surface area contributed by atoms with Gasteiger partial charge in [-0.2, -0.15) is 0 Å². The molecule has 0 bridgehead atoms. The number of aryl methyl sites for hydroxylation is 1. The second-order valence-electron chi connectivity index (χ2n) is 8.71. The summed E-state index contributed by atoms with van der Waals surface area (Å²) in [4.78, 5) is 11.5. The van der Waals surface area contributed by atoms with Crippen molar-refractivity contribution in [3.63, 3.8) is 0 Å². The molecule has 160 valence electrons. The highest BCUT2D eigenvalue weighted by molar-refractivity contribution is 7.80. The van der Waals surface area contributed by atoms with Crippen LogP contribution in [0.5, 0.6) is 0 Å². The lowest BCUT2D eigenvalue weighted by Crippen LogP contribution is -2.29. The highest BCUT2D eigenvalue weighted by atomic mass is 32.1. The van der Waals surface area contributed by atoms with Crippen molar-refractivity contribution in [3.8, 4) is 0 Å². The molecule has 2 fully saturated rings. The summed E-state index contributed by atoms with van der Waals surface area (Å²) in [5, 5.41) is 4.33. The Hall–Kier alpha value is -2.73.